The van der Waals surface area contributed by atoms with E-state index in [-0.39, 0.29) is 22.9 Å². The van der Waals surface area contributed by atoms with Gasteiger partial charge in [-0.1, -0.05) is 18.2 Å². The molecule has 3 rings (SSSR count). The van der Waals surface area contributed by atoms with Crippen molar-refractivity contribution in [2.24, 2.45) is 0 Å². The van der Waals surface area contributed by atoms with E-state index in [2.05, 4.69) is 10.6 Å². The molecular formula is C24H21F3N2O4S. The van der Waals surface area contributed by atoms with Crippen molar-refractivity contribution in [1.82, 2.24) is 0 Å². The zero-order chi connectivity index (χ0) is 24.7. The van der Waals surface area contributed by atoms with Gasteiger partial charge < -0.3 is 20.1 Å². The minimum Gasteiger partial charge on any atom is -0.493 e. The third kappa shape index (κ3) is 6.44. The van der Waals surface area contributed by atoms with Crippen molar-refractivity contribution in [1.29, 1.82) is 0 Å². The van der Waals surface area contributed by atoms with Gasteiger partial charge in [-0.3, -0.25) is 9.59 Å². The summed E-state index contributed by atoms with van der Waals surface area (Å²) in [5, 5.41) is 5.23. The van der Waals surface area contributed by atoms with E-state index in [1.54, 1.807) is 36.4 Å². The number of carbonyl (C=O) groups excluding carboxylic acids is 2. The summed E-state index contributed by atoms with van der Waals surface area (Å²) in [6, 6.07) is 15.9. The van der Waals surface area contributed by atoms with Crippen molar-refractivity contribution in [2.45, 2.75) is 11.1 Å². The van der Waals surface area contributed by atoms with Crippen LogP contribution >= 0.6 is 11.8 Å². The fourth-order valence-electron chi connectivity index (χ4n) is 3.01. The zero-order valence-electron chi connectivity index (χ0n) is 18.2. The van der Waals surface area contributed by atoms with E-state index in [0.717, 1.165) is 23.9 Å². The van der Waals surface area contributed by atoms with Gasteiger partial charge in [-0.25, -0.2) is 0 Å². The fraction of sp³-hybridized carbons (Fsp3) is 0.167. The molecule has 178 valence electrons. The van der Waals surface area contributed by atoms with Crippen LogP contribution in [-0.4, -0.2) is 31.8 Å². The lowest BCUT2D eigenvalue weighted by Gasteiger charge is -2.12. The minimum absolute atomic E-state index is 0.00218. The van der Waals surface area contributed by atoms with E-state index in [9.17, 15) is 22.8 Å². The summed E-state index contributed by atoms with van der Waals surface area (Å²) < 4.78 is 49.2. The third-order valence-electron chi connectivity index (χ3n) is 4.61. The van der Waals surface area contributed by atoms with Crippen LogP contribution in [-0.2, 0) is 11.0 Å². The van der Waals surface area contributed by atoms with Gasteiger partial charge in [0.05, 0.1) is 31.1 Å². The molecule has 3 aromatic carbocycles. The summed E-state index contributed by atoms with van der Waals surface area (Å²) in [5.41, 5.74) is -0.0896. The van der Waals surface area contributed by atoms with E-state index in [0.29, 0.717) is 22.1 Å². The van der Waals surface area contributed by atoms with Gasteiger partial charge in [0.25, 0.3) is 5.91 Å². The van der Waals surface area contributed by atoms with Gasteiger partial charge in [0, 0.05) is 22.3 Å². The summed E-state index contributed by atoms with van der Waals surface area (Å²) in [4.78, 5) is 25.7. The first-order valence-corrected chi connectivity index (χ1v) is 10.9. The number of halogens is 3. The Morgan fingerprint density at radius 2 is 1.56 bits per heavy atom. The summed E-state index contributed by atoms with van der Waals surface area (Å²) in [6.07, 6.45) is -4.52. The quantitative estimate of drug-likeness (QED) is 0.396. The van der Waals surface area contributed by atoms with Gasteiger partial charge in [0.2, 0.25) is 5.91 Å². The number of thioether (sulfide) groups is 1. The van der Waals surface area contributed by atoms with E-state index < -0.39 is 17.6 Å². The molecule has 0 aliphatic heterocycles. The Kier molecular flexibility index (Phi) is 8.06. The maximum Gasteiger partial charge on any atom is 0.416 e. The van der Waals surface area contributed by atoms with Crippen molar-refractivity contribution < 1.29 is 32.2 Å². The molecule has 0 fully saturated rings. The van der Waals surface area contributed by atoms with Crippen LogP contribution in [0.1, 0.15) is 15.9 Å². The number of hydrogen-bond acceptors (Lipinski definition) is 5. The molecule has 2 N–H and O–H groups in total. The fourth-order valence-corrected chi connectivity index (χ4v) is 3.86. The Balaban J connectivity index is 1.66. The first-order valence-electron chi connectivity index (χ1n) is 9.93. The predicted molar refractivity (Wildman–Crippen MR) is 125 cm³/mol. The maximum atomic E-state index is 12.9. The highest BCUT2D eigenvalue weighted by atomic mass is 32.2. The van der Waals surface area contributed by atoms with Crippen LogP contribution in [0, 0.1) is 0 Å². The van der Waals surface area contributed by atoms with Crippen LogP contribution in [0.4, 0.5) is 24.5 Å². The molecule has 0 aliphatic carbocycles. The van der Waals surface area contributed by atoms with Crippen LogP contribution in [0.3, 0.4) is 0 Å². The van der Waals surface area contributed by atoms with E-state index in [4.69, 9.17) is 9.47 Å². The van der Waals surface area contributed by atoms with Crippen LogP contribution < -0.4 is 20.1 Å². The smallest absolute Gasteiger partial charge is 0.416 e. The van der Waals surface area contributed by atoms with Crippen molar-refractivity contribution in [3.8, 4) is 11.5 Å². The average molecular weight is 491 g/mol. The normalized spacial score (nSPS) is 11.0. The van der Waals surface area contributed by atoms with E-state index in [1.165, 1.54) is 32.4 Å². The lowest BCUT2D eigenvalue weighted by molar-refractivity contribution is -0.137. The molecule has 0 atom stereocenters. The number of hydrogen-bond donors (Lipinski definition) is 2. The second-order valence-electron chi connectivity index (χ2n) is 6.94. The van der Waals surface area contributed by atoms with Gasteiger partial charge >= 0.3 is 6.18 Å². The number of anilines is 2. The lowest BCUT2D eigenvalue weighted by Crippen LogP contribution is -2.16. The van der Waals surface area contributed by atoms with Crippen molar-refractivity contribution in [3.63, 3.8) is 0 Å². The van der Waals surface area contributed by atoms with Crippen LogP contribution in [0.2, 0.25) is 0 Å². The predicted octanol–water partition coefficient (Wildman–Crippen LogP) is 5.71. The van der Waals surface area contributed by atoms with Crippen LogP contribution in [0.5, 0.6) is 11.5 Å². The molecule has 0 heterocycles. The largest absolute Gasteiger partial charge is 0.493 e. The molecule has 0 bridgehead atoms. The maximum absolute atomic E-state index is 12.9. The summed E-state index contributed by atoms with van der Waals surface area (Å²) in [7, 11) is 2.99. The van der Waals surface area contributed by atoms with Crippen LogP contribution in [0.25, 0.3) is 0 Å². The molecule has 3 aromatic rings. The van der Waals surface area contributed by atoms with E-state index in [1.807, 2.05) is 0 Å². The Labute approximate surface area is 198 Å². The van der Waals surface area contributed by atoms with Crippen molar-refractivity contribution >= 4 is 35.0 Å². The van der Waals surface area contributed by atoms with Gasteiger partial charge in [0.15, 0.2) is 11.5 Å². The third-order valence-corrected chi connectivity index (χ3v) is 5.68. The number of carbonyl (C=O) groups is 2. The van der Waals surface area contributed by atoms with E-state index >= 15 is 0 Å². The number of benzene rings is 3. The van der Waals surface area contributed by atoms with Gasteiger partial charge in [-0.15, -0.1) is 11.8 Å². The SMILES string of the molecule is COc1ccc(NC(=O)CSc2ccccc2C(=O)Nc2cccc(C(F)(F)F)c2)cc1OC. The standard InChI is InChI=1S/C24H21F3N2O4S/c1-32-19-11-10-17(13-20(19)33-2)28-22(30)14-34-21-9-4-3-8-18(21)23(31)29-16-7-5-6-15(12-16)24(25,26)27/h3-13H,14H2,1-2H3,(H,28,30)(H,29,31). The monoisotopic (exact) mass is 490 g/mol. The molecule has 0 saturated carbocycles. The first kappa shape index (κ1) is 25.0. The first-order chi connectivity index (χ1) is 16.2. The zero-order valence-corrected chi connectivity index (χ0v) is 19.0. The second kappa shape index (κ2) is 11.0. The topological polar surface area (TPSA) is 76.7 Å². The molecular weight excluding hydrogens is 469 g/mol. The molecule has 0 spiro atoms. The number of alkyl halides is 3. The Morgan fingerprint density at radius 1 is 0.853 bits per heavy atom. The average Bonchev–Trinajstić information content (AvgIpc) is 2.82. The molecule has 0 radical (unpaired) electrons. The summed E-state index contributed by atoms with van der Waals surface area (Å²) in [5.74, 6) is 0.0931. The highest BCUT2D eigenvalue weighted by Crippen LogP contribution is 2.32. The number of rotatable bonds is 8. The molecule has 2 amide bonds. The van der Waals surface area contributed by atoms with Gasteiger partial charge in [-0.05, 0) is 42.5 Å². The number of amides is 2. The Morgan fingerprint density at radius 3 is 2.26 bits per heavy atom. The van der Waals surface area contributed by atoms with Crippen LogP contribution in [0.15, 0.2) is 71.6 Å². The number of nitrogens with one attached hydrogen (secondary N) is 2. The van der Waals surface area contributed by atoms with Gasteiger partial charge in [0.1, 0.15) is 0 Å². The molecule has 6 nitrogen and oxygen atoms in total. The molecule has 0 saturated heterocycles. The highest BCUT2D eigenvalue weighted by Gasteiger charge is 2.30. The molecule has 10 heteroatoms. The molecule has 0 aliphatic rings. The Hall–Kier alpha value is -3.66. The number of methoxy groups -OCH3 is 2. The van der Waals surface area contributed by atoms with Gasteiger partial charge in [-0.2, -0.15) is 13.2 Å². The lowest BCUT2D eigenvalue weighted by atomic mass is 10.1. The molecule has 34 heavy (non-hydrogen) atoms. The second-order valence-corrected chi connectivity index (χ2v) is 7.95. The Bertz CT molecular complexity index is 1180. The highest BCUT2D eigenvalue weighted by molar-refractivity contribution is 8.00. The van der Waals surface area contributed by atoms with Crippen molar-refractivity contribution in [3.05, 3.63) is 77.9 Å². The minimum atomic E-state index is -4.52. The molecule has 0 unspecified atom stereocenters. The summed E-state index contributed by atoms with van der Waals surface area (Å²) in [6.45, 7) is 0. The molecule has 0 aromatic heterocycles. The van der Waals surface area contributed by atoms with Crippen molar-refractivity contribution in [2.75, 3.05) is 30.6 Å². The summed E-state index contributed by atoms with van der Waals surface area (Å²) >= 11 is 1.13. The number of ether oxygens (including phenoxy) is 2.